The minimum Gasteiger partial charge on any atom is -0.497 e. The van der Waals surface area contributed by atoms with Gasteiger partial charge in [0.05, 0.1) is 31.8 Å². The van der Waals surface area contributed by atoms with Gasteiger partial charge in [0.1, 0.15) is 5.75 Å². The molecule has 6 rings (SSSR count). The fourth-order valence-electron chi connectivity index (χ4n) is 4.82. The Morgan fingerprint density at radius 1 is 1.14 bits per heavy atom. The first-order valence-electron chi connectivity index (χ1n) is 12.3. The summed E-state index contributed by atoms with van der Waals surface area (Å²) in [6.45, 7) is 3.05. The van der Waals surface area contributed by atoms with Gasteiger partial charge in [0, 0.05) is 36.7 Å². The van der Waals surface area contributed by atoms with Gasteiger partial charge in [0.2, 0.25) is 6.79 Å². The molecule has 11 heteroatoms. The van der Waals surface area contributed by atoms with E-state index in [1.54, 1.807) is 17.9 Å². The van der Waals surface area contributed by atoms with Gasteiger partial charge in [-0.05, 0) is 53.1 Å². The number of pyridine rings is 1. The first kappa shape index (κ1) is 23.4. The van der Waals surface area contributed by atoms with Crippen molar-refractivity contribution in [1.29, 1.82) is 0 Å². The van der Waals surface area contributed by atoms with Crippen LogP contribution in [0.4, 0.5) is 0 Å². The number of hydrogen-bond acceptors (Lipinski definition) is 9. The first-order valence-corrected chi connectivity index (χ1v) is 12.3. The van der Waals surface area contributed by atoms with E-state index < -0.39 is 0 Å². The number of benzene rings is 2. The van der Waals surface area contributed by atoms with E-state index in [0.717, 1.165) is 42.0 Å². The average Bonchev–Trinajstić information content (AvgIpc) is 3.67. The largest absolute Gasteiger partial charge is 0.497 e. The van der Waals surface area contributed by atoms with Crippen molar-refractivity contribution in [3.8, 4) is 17.2 Å². The van der Waals surface area contributed by atoms with Crippen LogP contribution in [-0.4, -0.2) is 63.2 Å². The fourth-order valence-corrected chi connectivity index (χ4v) is 4.82. The molecule has 0 spiro atoms. The van der Waals surface area contributed by atoms with Crippen LogP contribution in [0.25, 0.3) is 10.9 Å². The standard InChI is InChI=1S/C26H28N6O5/c1-34-20-6-4-17(5-7-20)12-32-25(28-29-30-32)15-31(14-21-3-2-8-35-21)13-19-9-18-10-23-24(37-16-36-23)11-22(18)27-26(19)33/h4-7,9-11,21H,2-3,8,12-16H2,1H3,(H,27,33)/t21-/m1/s1. The predicted molar refractivity (Wildman–Crippen MR) is 134 cm³/mol. The third-order valence-corrected chi connectivity index (χ3v) is 6.76. The molecular formula is C26H28N6O5. The Balaban J connectivity index is 1.25. The lowest BCUT2D eigenvalue weighted by atomic mass is 10.1. The Bertz CT molecular complexity index is 1440. The van der Waals surface area contributed by atoms with E-state index in [1.165, 1.54) is 0 Å². The first-order chi connectivity index (χ1) is 18.1. The number of methoxy groups -OCH3 is 1. The van der Waals surface area contributed by atoms with E-state index in [1.807, 2.05) is 36.4 Å². The number of nitrogens with zero attached hydrogens (tertiary/aromatic N) is 5. The van der Waals surface area contributed by atoms with Crippen LogP contribution in [0.5, 0.6) is 17.2 Å². The van der Waals surface area contributed by atoms with Crippen molar-refractivity contribution >= 4 is 10.9 Å². The summed E-state index contributed by atoms with van der Waals surface area (Å²) < 4.78 is 23.9. The van der Waals surface area contributed by atoms with Gasteiger partial charge in [-0.2, -0.15) is 0 Å². The zero-order valence-corrected chi connectivity index (χ0v) is 20.6. The molecule has 0 unspecified atom stereocenters. The Labute approximate surface area is 212 Å². The highest BCUT2D eigenvalue weighted by Gasteiger charge is 2.23. The lowest BCUT2D eigenvalue weighted by Crippen LogP contribution is -2.34. The molecule has 4 aromatic rings. The van der Waals surface area contributed by atoms with Crippen LogP contribution in [0.15, 0.2) is 47.3 Å². The van der Waals surface area contributed by atoms with Gasteiger partial charge in [0.15, 0.2) is 17.3 Å². The van der Waals surface area contributed by atoms with Crippen LogP contribution in [-0.2, 0) is 24.4 Å². The van der Waals surface area contributed by atoms with Crippen molar-refractivity contribution in [2.75, 3.05) is 27.1 Å². The summed E-state index contributed by atoms with van der Waals surface area (Å²) >= 11 is 0. The van der Waals surface area contributed by atoms with Gasteiger partial charge in [-0.25, -0.2) is 4.68 Å². The molecule has 1 N–H and O–H groups in total. The van der Waals surface area contributed by atoms with E-state index in [4.69, 9.17) is 18.9 Å². The second-order valence-corrected chi connectivity index (χ2v) is 9.32. The minimum absolute atomic E-state index is 0.110. The number of ether oxygens (including phenoxy) is 4. The molecule has 0 aliphatic carbocycles. The molecule has 2 aliphatic rings. The Morgan fingerprint density at radius 2 is 1.97 bits per heavy atom. The van der Waals surface area contributed by atoms with Gasteiger partial charge >= 0.3 is 0 Å². The summed E-state index contributed by atoms with van der Waals surface area (Å²) in [6.07, 6.45) is 2.14. The number of fused-ring (bicyclic) bond motifs is 2. The zero-order chi connectivity index (χ0) is 25.2. The molecule has 2 aliphatic heterocycles. The quantitative estimate of drug-likeness (QED) is 0.367. The minimum atomic E-state index is -0.137. The highest BCUT2D eigenvalue weighted by atomic mass is 16.7. The maximum atomic E-state index is 13.0. The second kappa shape index (κ2) is 10.2. The van der Waals surface area contributed by atoms with Crippen molar-refractivity contribution in [3.63, 3.8) is 0 Å². The van der Waals surface area contributed by atoms with Gasteiger partial charge in [-0.3, -0.25) is 9.69 Å². The van der Waals surface area contributed by atoms with Gasteiger partial charge < -0.3 is 23.9 Å². The molecule has 1 fully saturated rings. The van der Waals surface area contributed by atoms with E-state index in [0.29, 0.717) is 48.8 Å². The fraction of sp³-hybridized carbons (Fsp3) is 0.385. The lowest BCUT2D eigenvalue weighted by Gasteiger charge is -2.24. The SMILES string of the molecule is COc1ccc(Cn2nnnc2CN(Cc2cc3cc4c(cc3[nH]c2=O)OCO4)C[C@H]2CCCO2)cc1. The maximum absolute atomic E-state index is 13.0. The molecule has 11 nitrogen and oxygen atoms in total. The molecule has 1 saturated heterocycles. The van der Waals surface area contributed by atoms with Crippen molar-refractivity contribution in [1.82, 2.24) is 30.1 Å². The van der Waals surface area contributed by atoms with Crippen molar-refractivity contribution in [2.45, 2.75) is 38.6 Å². The number of rotatable bonds is 9. The summed E-state index contributed by atoms with van der Waals surface area (Å²) in [5.74, 6) is 2.83. The lowest BCUT2D eigenvalue weighted by molar-refractivity contribution is 0.0663. The highest BCUT2D eigenvalue weighted by Crippen LogP contribution is 2.35. The van der Waals surface area contributed by atoms with Crippen LogP contribution in [0, 0.1) is 0 Å². The van der Waals surface area contributed by atoms with Gasteiger partial charge in [-0.1, -0.05) is 12.1 Å². The number of aromatic amines is 1. The molecule has 192 valence electrons. The number of tetrazole rings is 1. The third kappa shape index (κ3) is 5.13. The van der Waals surface area contributed by atoms with Gasteiger partial charge in [0.25, 0.3) is 5.56 Å². The van der Waals surface area contributed by atoms with Crippen LogP contribution >= 0.6 is 0 Å². The van der Waals surface area contributed by atoms with Crippen molar-refractivity contribution in [2.24, 2.45) is 0 Å². The molecule has 0 radical (unpaired) electrons. The highest BCUT2D eigenvalue weighted by molar-refractivity contribution is 5.83. The van der Waals surface area contributed by atoms with Crippen LogP contribution < -0.4 is 19.8 Å². The van der Waals surface area contributed by atoms with E-state index in [2.05, 4.69) is 25.4 Å². The molecule has 4 heterocycles. The molecule has 37 heavy (non-hydrogen) atoms. The summed E-state index contributed by atoms with van der Waals surface area (Å²) in [6, 6.07) is 13.4. The molecular weight excluding hydrogens is 476 g/mol. The third-order valence-electron chi connectivity index (χ3n) is 6.76. The molecule has 0 amide bonds. The Kier molecular flexibility index (Phi) is 6.46. The molecule has 2 aromatic carbocycles. The van der Waals surface area contributed by atoms with E-state index in [9.17, 15) is 4.79 Å². The summed E-state index contributed by atoms with van der Waals surface area (Å²) in [4.78, 5) is 18.2. The monoisotopic (exact) mass is 504 g/mol. The van der Waals surface area contributed by atoms with Crippen molar-refractivity contribution in [3.05, 3.63) is 69.8 Å². The van der Waals surface area contributed by atoms with Crippen LogP contribution in [0.2, 0.25) is 0 Å². The number of hydrogen-bond donors (Lipinski definition) is 1. The molecule has 1 atom stereocenters. The zero-order valence-electron chi connectivity index (χ0n) is 20.6. The Hall–Kier alpha value is -3.96. The number of H-pyrrole nitrogens is 1. The maximum Gasteiger partial charge on any atom is 0.252 e. The molecule has 0 saturated carbocycles. The number of nitrogens with one attached hydrogen (secondary N) is 1. The normalized spacial score (nSPS) is 16.6. The van der Waals surface area contributed by atoms with Crippen LogP contribution in [0.3, 0.4) is 0 Å². The van der Waals surface area contributed by atoms with Crippen molar-refractivity contribution < 1.29 is 18.9 Å². The second-order valence-electron chi connectivity index (χ2n) is 9.32. The summed E-state index contributed by atoms with van der Waals surface area (Å²) in [5, 5.41) is 13.3. The average molecular weight is 505 g/mol. The van der Waals surface area contributed by atoms with Crippen LogP contribution in [0.1, 0.15) is 29.8 Å². The molecule has 2 aromatic heterocycles. The van der Waals surface area contributed by atoms with E-state index in [-0.39, 0.29) is 18.5 Å². The smallest absolute Gasteiger partial charge is 0.252 e. The summed E-state index contributed by atoms with van der Waals surface area (Å²) in [7, 11) is 1.65. The topological polar surface area (TPSA) is 117 Å². The predicted octanol–water partition coefficient (Wildman–Crippen LogP) is 2.48. The Morgan fingerprint density at radius 3 is 2.76 bits per heavy atom. The van der Waals surface area contributed by atoms with Gasteiger partial charge in [-0.15, -0.1) is 5.10 Å². The molecule has 0 bridgehead atoms. The summed E-state index contributed by atoms with van der Waals surface area (Å²) in [5.41, 5.74) is 2.29. The van der Waals surface area contributed by atoms with E-state index >= 15 is 0 Å². The number of aromatic nitrogens is 5.